The van der Waals surface area contributed by atoms with E-state index in [-0.39, 0.29) is 12.5 Å². The van der Waals surface area contributed by atoms with Gasteiger partial charge in [0.05, 0.1) is 18.9 Å². The number of aromatic nitrogens is 2. The van der Waals surface area contributed by atoms with Crippen LogP contribution in [0.2, 0.25) is 0 Å². The first-order valence-electron chi connectivity index (χ1n) is 9.85. The normalized spacial score (nSPS) is 12.4. The zero-order valence-electron chi connectivity index (χ0n) is 17.1. The van der Waals surface area contributed by atoms with Gasteiger partial charge in [-0.15, -0.1) is 0 Å². The first kappa shape index (κ1) is 19.7. The molecule has 0 fully saturated rings. The molecule has 1 atom stereocenters. The summed E-state index contributed by atoms with van der Waals surface area (Å²) in [6.07, 6.45) is 2.26. The van der Waals surface area contributed by atoms with Gasteiger partial charge in [0.2, 0.25) is 0 Å². The molecular formula is C23H23N3O4. The fourth-order valence-corrected chi connectivity index (χ4v) is 3.51. The van der Waals surface area contributed by atoms with Gasteiger partial charge in [0.15, 0.2) is 6.10 Å². The number of nitrogens with one attached hydrogen (secondary N) is 1. The van der Waals surface area contributed by atoms with Gasteiger partial charge in [-0.1, -0.05) is 30.3 Å². The standard InChI is InChI=1S/C23H23N3O4/c1-14(2)26-20(10-11-24-26)25-23(28)15(3)30-21(27)12-17-13-29-19-9-8-16-6-4-5-7-18(16)22(17)19/h4-11,13-15H,12H2,1-3H3,(H,25,28)/t15-/m0/s1. The molecule has 0 radical (unpaired) electrons. The molecule has 4 rings (SSSR count). The molecule has 2 heterocycles. The number of hydrogen-bond acceptors (Lipinski definition) is 5. The number of amides is 1. The number of carbonyl (C=O) groups excluding carboxylic acids is 2. The number of nitrogens with zero attached hydrogens (tertiary/aromatic N) is 2. The molecule has 0 aliphatic carbocycles. The molecular weight excluding hydrogens is 382 g/mol. The van der Waals surface area contributed by atoms with Crippen LogP contribution in [0.15, 0.2) is 59.3 Å². The van der Waals surface area contributed by atoms with Crippen molar-refractivity contribution in [2.24, 2.45) is 0 Å². The number of benzene rings is 2. The maximum atomic E-state index is 12.5. The Morgan fingerprint density at radius 1 is 1.13 bits per heavy atom. The second kappa shape index (κ2) is 8.02. The summed E-state index contributed by atoms with van der Waals surface area (Å²) < 4.78 is 12.7. The van der Waals surface area contributed by atoms with E-state index >= 15 is 0 Å². The number of rotatable bonds is 6. The van der Waals surface area contributed by atoms with Crippen LogP contribution in [0.5, 0.6) is 0 Å². The van der Waals surface area contributed by atoms with Crippen LogP contribution < -0.4 is 5.32 Å². The van der Waals surface area contributed by atoms with Crippen molar-refractivity contribution in [2.45, 2.75) is 39.3 Å². The predicted molar refractivity (Wildman–Crippen MR) is 114 cm³/mol. The van der Waals surface area contributed by atoms with Gasteiger partial charge in [-0.3, -0.25) is 9.59 Å². The Balaban J connectivity index is 1.46. The third-order valence-corrected chi connectivity index (χ3v) is 4.96. The lowest BCUT2D eigenvalue weighted by Gasteiger charge is -2.15. The first-order valence-corrected chi connectivity index (χ1v) is 9.85. The molecule has 0 unspecified atom stereocenters. The topological polar surface area (TPSA) is 86.4 Å². The van der Waals surface area contributed by atoms with Gasteiger partial charge in [0.1, 0.15) is 11.4 Å². The van der Waals surface area contributed by atoms with Crippen molar-refractivity contribution in [1.82, 2.24) is 9.78 Å². The Bertz CT molecular complexity index is 1220. The van der Waals surface area contributed by atoms with E-state index < -0.39 is 18.0 Å². The average molecular weight is 405 g/mol. The molecule has 1 amide bonds. The van der Waals surface area contributed by atoms with Crippen molar-refractivity contribution in [3.63, 3.8) is 0 Å². The summed E-state index contributed by atoms with van der Waals surface area (Å²) in [5.74, 6) is -0.343. The summed E-state index contributed by atoms with van der Waals surface area (Å²) in [5.41, 5.74) is 1.45. The maximum absolute atomic E-state index is 12.5. The summed E-state index contributed by atoms with van der Waals surface area (Å²) in [6, 6.07) is 13.6. The third kappa shape index (κ3) is 3.78. The molecule has 0 aliphatic rings. The van der Waals surface area contributed by atoms with Crippen LogP contribution in [-0.2, 0) is 20.7 Å². The Morgan fingerprint density at radius 3 is 2.73 bits per heavy atom. The highest BCUT2D eigenvalue weighted by molar-refractivity contribution is 6.08. The summed E-state index contributed by atoms with van der Waals surface area (Å²) >= 11 is 0. The highest BCUT2D eigenvalue weighted by Gasteiger charge is 2.21. The molecule has 154 valence electrons. The fraction of sp³-hybridized carbons (Fsp3) is 0.261. The van der Waals surface area contributed by atoms with Crippen LogP contribution >= 0.6 is 0 Å². The minimum Gasteiger partial charge on any atom is -0.464 e. The zero-order valence-corrected chi connectivity index (χ0v) is 17.1. The summed E-state index contributed by atoms with van der Waals surface area (Å²) in [6.45, 7) is 5.47. The summed E-state index contributed by atoms with van der Waals surface area (Å²) in [5, 5.41) is 9.90. The molecule has 2 aromatic heterocycles. The van der Waals surface area contributed by atoms with E-state index in [4.69, 9.17) is 9.15 Å². The molecule has 0 aliphatic heterocycles. The Hall–Kier alpha value is -3.61. The van der Waals surface area contributed by atoms with Gasteiger partial charge in [-0.25, -0.2) is 4.68 Å². The van der Waals surface area contributed by atoms with Crippen molar-refractivity contribution in [2.75, 3.05) is 5.32 Å². The van der Waals surface area contributed by atoms with Crippen molar-refractivity contribution in [3.05, 3.63) is 60.5 Å². The molecule has 30 heavy (non-hydrogen) atoms. The number of ether oxygens (including phenoxy) is 1. The molecule has 4 aromatic rings. The van der Waals surface area contributed by atoms with E-state index in [1.54, 1.807) is 30.1 Å². The number of anilines is 1. The van der Waals surface area contributed by atoms with E-state index in [0.29, 0.717) is 11.4 Å². The molecule has 1 N–H and O–H groups in total. The molecule has 0 saturated carbocycles. The van der Waals surface area contributed by atoms with Crippen molar-refractivity contribution in [3.8, 4) is 0 Å². The highest BCUT2D eigenvalue weighted by atomic mass is 16.5. The van der Waals surface area contributed by atoms with Crippen LogP contribution in [-0.4, -0.2) is 27.8 Å². The zero-order chi connectivity index (χ0) is 21.3. The van der Waals surface area contributed by atoms with Gasteiger partial charge in [0, 0.05) is 23.1 Å². The monoisotopic (exact) mass is 405 g/mol. The second-order valence-electron chi connectivity index (χ2n) is 7.47. The van der Waals surface area contributed by atoms with Crippen LogP contribution in [0, 0.1) is 0 Å². The number of carbonyl (C=O) groups is 2. The molecule has 0 spiro atoms. The number of esters is 1. The van der Waals surface area contributed by atoms with Crippen molar-refractivity contribution < 1.29 is 18.7 Å². The predicted octanol–water partition coefficient (Wildman–Crippen LogP) is 4.48. The van der Waals surface area contributed by atoms with Gasteiger partial charge in [-0.2, -0.15) is 5.10 Å². The van der Waals surface area contributed by atoms with Gasteiger partial charge in [0.25, 0.3) is 5.91 Å². The van der Waals surface area contributed by atoms with Gasteiger partial charge in [-0.05, 0) is 37.6 Å². The Labute approximate surface area is 173 Å². The van der Waals surface area contributed by atoms with E-state index in [2.05, 4.69) is 10.4 Å². The molecule has 7 heteroatoms. The lowest BCUT2D eigenvalue weighted by molar-refractivity contribution is -0.152. The molecule has 7 nitrogen and oxygen atoms in total. The first-order chi connectivity index (χ1) is 14.4. The molecule has 2 aromatic carbocycles. The van der Waals surface area contributed by atoms with E-state index in [1.807, 2.05) is 50.2 Å². The lowest BCUT2D eigenvalue weighted by Crippen LogP contribution is -2.31. The molecule has 0 saturated heterocycles. The average Bonchev–Trinajstić information content (AvgIpc) is 3.35. The summed E-state index contributed by atoms with van der Waals surface area (Å²) in [4.78, 5) is 25.0. The minimum absolute atomic E-state index is 0.0164. The highest BCUT2D eigenvalue weighted by Crippen LogP contribution is 2.30. The number of furan rings is 1. The number of hydrogen-bond donors (Lipinski definition) is 1. The Kier molecular flexibility index (Phi) is 5.27. The van der Waals surface area contributed by atoms with Crippen molar-refractivity contribution in [1.29, 1.82) is 0 Å². The van der Waals surface area contributed by atoms with Crippen LogP contribution in [0.3, 0.4) is 0 Å². The smallest absolute Gasteiger partial charge is 0.311 e. The van der Waals surface area contributed by atoms with E-state index in [9.17, 15) is 9.59 Å². The third-order valence-electron chi connectivity index (χ3n) is 4.96. The van der Waals surface area contributed by atoms with Crippen LogP contribution in [0.4, 0.5) is 5.82 Å². The largest absolute Gasteiger partial charge is 0.464 e. The quantitative estimate of drug-likeness (QED) is 0.478. The van der Waals surface area contributed by atoms with Crippen LogP contribution in [0.1, 0.15) is 32.4 Å². The van der Waals surface area contributed by atoms with E-state index in [1.165, 1.54) is 0 Å². The van der Waals surface area contributed by atoms with E-state index in [0.717, 1.165) is 21.7 Å². The SMILES string of the molecule is CC(C)n1nccc1NC(=O)[C@H](C)OC(=O)Cc1coc2ccc3ccccc3c12. The number of fused-ring (bicyclic) bond motifs is 3. The minimum atomic E-state index is -0.942. The lowest BCUT2D eigenvalue weighted by atomic mass is 10.0. The fourth-order valence-electron chi connectivity index (χ4n) is 3.51. The second-order valence-corrected chi connectivity index (χ2v) is 7.47. The Morgan fingerprint density at radius 2 is 1.93 bits per heavy atom. The molecule has 0 bridgehead atoms. The van der Waals surface area contributed by atoms with Crippen molar-refractivity contribution >= 4 is 39.4 Å². The summed E-state index contributed by atoms with van der Waals surface area (Å²) in [7, 11) is 0. The maximum Gasteiger partial charge on any atom is 0.311 e. The van der Waals surface area contributed by atoms with Gasteiger partial charge < -0.3 is 14.5 Å². The van der Waals surface area contributed by atoms with Crippen LogP contribution in [0.25, 0.3) is 21.7 Å². The van der Waals surface area contributed by atoms with Gasteiger partial charge >= 0.3 is 5.97 Å².